The molecule has 2 aromatic heterocycles. The highest BCUT2D eigenvalue weighted by Gasteiger charge is 2.14. The molecule has 0 fully saturated rings. The highest BCUT2D eigenvalue weighted by atomic mass is 32.1. The van der Waals surface area contributed by atoms with Gasteiger partial charge in [0.1, 0.15) is 12.1 Å². The molecule has 0 aliphatic rings. The summed E-state index contributed by atoms with van der Waals surface area (Å²) in [5, 5.41) is 7.37. The van der Waals surface area contributed by atoms with Crippen molar-refractivity contribution in [3.8, 4) is 11.5 Å². The number of rotatable bonds is 8. The minimum atomic E-state index is -0.607. The summed E-state index contributed by atoms with van der Waals surface area (Å²) in [5.41, 5.74) is 3.26. The number of nitrogens with one attached hydrogen (secondary N) is 2. The molecule has 2 amide bonds. The number of aromatic nitrogens is 2. The molecule has 168 valence electrons. The maximum Gasteiger partial charge on any atom is 0.260 e. The van der Waals surface area contributed by atoms with E-state index in [1.807, 2.05) is 31.2 Å². The van der Waals surface area contributed by atoms with Gasteiger partial charge in [-0.1, -0.05) is 29.8 Å². The van der Waals surface area contributed by atoms with Crippen molar-refractivity contribution in [3.05, 3.63) is 88.5 Å². The molecule has 7 nitrogen and oxygen atoms in total. The zero-order chi connectivity index (χ0) is 23.2. The van der Waals surface area contributed by atoms with Crippen molar-refractivity contribution < 1.29 is 18.4 Å². The van der Waals surface area contributed by atoms with Gasteiger partial charge in [-0.15, -0.1) is 11.3 Å². The Hall–Kier alpha value is -3.85. The highest BCUT2D eigenvalue weighted by Crippen LogP contribution is 2.20. The first kappa shape index (κ1) is 22.3. The quantitative estimate of drug-likeness (QED) is 0.403. The number of halogens is 1. The number of carbonyl (C=O) groups is 2. The van der Waals surface area contributed by atoms with Crippen LogP contribution in [0.2, 0.25) is 0 Å². The second-order valence-electron chi connectivity index (χ2n) is 7.36. The molecule has 0 radical (unpaired) electrons. The van der Waals surface area contributed by atoms with Crippen LogP contribution in [0.3, 0.4) is 0 Å². The van der Waals surface area contributed by atoms with Crippen LogP contribution in [0, 0.1) is 12.7 Å². The zero-order valence-corrected chi connectivity index (χ0v) is 18.6. The lowest BCUT2D eigenvalue weighted by atomic mass is 10.1. The van der Waals surface area contributed by atoms with Crippen molar-refractivity contribution >= 4 is 28.3 Å². The van der Waals surface area contributed by atoms with Crippen LogP contribution in [-0.2, 0) is 17.6 Å². The van der Waals surface area contributed by atoms with E-state index in [0.29, 0.717) is 29.7 Å². The van der Waals surface area contributed by atoms with E-state index in [4.69, 9.17) is 4.42 Å². The van der Waals surface area contributed by atoms with Gasteiger partial charge in [-0.3, -0.25) is 14.9 Å². The molecule has 33 heavy (non-hydrogen) atoms. The van der Waals surface area contributed by atoms with E-state index in [9.17, 15) is 14.0 Å². The van der Waals surface area contributed by atoms with Crippen LogP contribution in [0.5, 0.6) is 0 Å². The van der Waals surface area contributed by atoms with Gasteiger partial charge >= 0.3 is 0 Å². The van der Waals surface area contributed by atoms with Crippen molar-refractivity contribution in [3.63, 3.8) is 0 Å². The van der Waals surface area contributed by atoms with Crippen LogP contribution in [0.1, 0.15) is 27.3 Å². The number of oxazole rings is 1. The number of hydrogen-bond donors (Lipinski definition) is 2. The Labute approximate surface area is 193 Å². The van der Waals surface area contributed by atoms with E-state index in [1.165, 1.54) is 29.5 Å². The minimum absolute atomic E-state index is 0.0645. The molecule has 4 aromatic rings. The van der Waals surface area contributed by atoms with Crippen LogP contribution >= 0.6 is 11.3 Å². The number of nitrogens with zero attached hydrogens (tertiary/aromatic N) is 2. The molecule has 0 unspecified atom stereocenters. The van der Waals surface area contributed by atoms with E-state index in [2.05, 4.69) is 20.6 Å². The van der Waals surface area contributed by atoms with Crippen molar-refractivity contribution in [2.75, 3.05) is 11.9 Å². The third-order valence-corrected chi connectivity index (χ3v) is 5.59. The summed E-state index contributed by atoms with van der Waals surface area (Å²) in [6.07, 6.45) is 2.19. The Morgan fingerprint density at radius 1 is 1.06 bits per heavy atom. The maximum absolute atomic E-state index is 13.7. The molecule has 2 heterocycles. The SMILES string of the molecule is Cc1ccc(-c2nc(CCNC(=O)Cc3csc(NC(=O)c4ccccc4F)n3)co2)cc1. The largest absolute Gasteiger partial charge is 0.444 e. The fourth-order valence-corrected chi connectivity index (χ4v) is 3.77. The molecule has 0 aliphatic carbocycles. The van der Waals surface area contributed by atoms with Crippen molar-refractivity contribution in [2.45, 2.75) is 19.8 Å². The summed E-state index contributed by atoms with van der Waals surface area (Å²) < 4.78 is 19.2. The van der Waals surface area contributed by atoms with Crippen LogP contribution in [0.15, 0.2) is 64.6 Å². The maximum atomic E-state index is 13.7. The molecular weight excluding hydrogens is 443 g/mol. The highest BCUT2D eigenvalue weighted by molar-refractivity contribution is 7.14. The molecule has 0 spiro atoms. The van der Waals surface area contributed by atoms with E-state index in [1.54, 1.807) is 17.7 Å². The first-order chi connectivity index (χ1) is 16.0. The number of thiazole rings is 1. The van der Waals surface area contributed by atoms with Crippen LogP contribution < -0.4 is 10.6 Å². The fourth-order valence-electron chi connectivity index (χ4n) is 3.06. The number of amides is 2. The van der Waals surface area contributed by atoms with Gasteiger partial charge in [0.15, 0.2) is 5.13 Å². The summed E-state index contributed by atoms with van der Waals surface area (Å²) in [7, 11) is 0. The van der Waals surface area contributed by atoms with Crippen molar-refractivity contribution in [1.82, 2.24) is 15.3 Å². The summed E-state index contributed by atoms with van der Waals surface area (Å²) in [5.74, 6) is -0.849. The monoisotopic (exact) mass is 464 g/mol. The molecule has 0 aliphatic heterocycles. The van der Waals surface area contributed by atoms with E-state index >= 15 is 0 Å². The third-order valence-electron chi connectivity index (χ3n) is 4.79. The number of anilines is 1. The standard InChI is InChI=1S/C24H21FN4O3S/c1-15-6-8-16(9-7-15)23-27-17(13-32-23)10-11-26-21(30)12-18-14-33-24(28-18)29-22(31)19-4-2-3-5-20(19)25/h2-9,13-14H,10-12H2,1H3,(H,26,30)(H,28,29,31). The number of aryl methyl sites for hydroxylation is 1. The van der Waals surface area contributed by atoms with Gasteiger partial charge < -0.3 is 9.73 Å². The molecule has 9 heteroatoms. The van der Waals surface area contributed by atoms with Crippen LogP contribution in [0.4, 0.5) is 9.52 Å². The van der Waals surface area contributed by atoms with Gasteiger partial charge in [-0.25, -0.2) is 14.4 Å². The second-order valence-corrected chi connectivity index (χ2v) is 8.22. The summed E-state index contributed by atoms with van der Waals surface area (Å²) >= 11 is 1.17. The zero-order valence-electron chi connectivity index (χ0n) is 17.8. The van der Waals surface area contributed by atoms with E-state index < -0.39 is 11.7 Å². The third kappa shape index (κ3) is 5.89. The molecule has 0 saturated carbocycles. The molecule has 2 N–H and O–H groups in total. The summed E-state index contributed by atoms with van der Waals surface area (Å²) in [6, 6.07) is 13.6. The topological polar surface area (TPSA) is 97.1 Å². The summed E-state index contributed by atoms with van der Waals surface area (Å²) in [4.78, 5) is 33.1. The minimum Gasteiger partial charge on any atom is -0.444 e. The Morgan fingerprint density at radius 3 is 2.64 bits per heavy atom. The lowest BCUT2D eigenvalue weighted by Crippen LogP contribution is -2.27. The smallest absolute Gasteiger partial charge is 0.260 e. The predicted molar refractivity (Wildman–Crippen MR) is 124 cm³/mol. The second kappa shape index (κ2) is 10.2. The fraction of sp³-hybridized carbons (Fsp3) is 0.167. The predicted octanol–water partition coefficient (Wildman–Crippen LogP) is 4.40. The molecule has 0 atom stereocenters. The molecule has 0 bridgehead atoms. The Kier molecular flexibility index (Phi) is 6.89. The van der Waals surface area contributed by atoms with E-state index in [0.717, 1.165) is 16.8 Å². The molecule has 2 aromatic carbocycles. The average molecular weight is 465 g/mol. The number of carbonyl (C=O) groups excluding carboxylic acids is 2. The van der Waals surface area contributed by atoms with E-state index in [-0.39, 0.29) is 17.9 Å². The lowest BCUT2D eigenvalue weighted by Gasteiger charge is -2.03. The molecule has 4 rings (SSSR count). The Morgan fingerprint density at radius 2 is 1.85 bits per heavy atom. The average Bonchev–Trinajstić information content (AvgIpc) is 3.44. The van der Waals surface area contributed by atoms with Gasteiger partial charge in [0.25, 0.3) is 5.91 Å². The number of benzene rings is 2. The van der Waals surface area contributed by atoms with Gasteiger partial charge in [0.2, 0.25) is 11.8 Å². The molecule has 0 saturated heterocycles. The Balaban J connectivity index is 1.24. The first-order valence-corrected chi connectivity index (χ1v) is 11.1. The van der Waals surface area contributed by atoms with Crippen LogP contribution in [-0.4, -0.2) is 28.3 Å². The normalized spacial score (nSPS) is 10.7. The van der Waals surface area contributed by atoms with Gasteiger partial charge in [0, 0.05) is 23.9 Å². The van der Waals surface area contributed by atoms with Gasteiger partial charge in [-0.2, -0.15) is 0 Å². The first-order valence-electron chi connectivity index (χ1n) is 10.3. The summed E-state index contributed by atoms with van der Waals surface area (Å²) in [6.45, 7) is 2.42. The van der Waals surface area contributed by atoms with Crippen molar-refractivity contribution in [1.29, 1.82) is 0 Å². The lowest BCUT2D eigenvalue weighted by molar-refractivity contribution is -0.120. The van der Waals surface area contributed by atoms with Gasteiger partial charge in [-0.05, 0) is 31.2 Å². The van der Waals surface area contributed by atoms with Gasteiger partial charge in [0.05, 0.1) is 23.4 Å². The molecular formula is C24H21FN4O3S. The van der Waals surface area contributed by atoms with Crippen molar-refractivity contribution in [2.24, 2.45) is 0 Å². The number of hydrogen-bond acceptors (Lipinski definition) is 6. The Bertz CT molecular complexity index is 1270. The van der Waals surface area contributed by atoms with Crippen LogP contribution in [0.25, 0.3) is 11.5 Å².